The van der Waals surface area contributed by atoms with Gasteiger partial charge >= 0.3 is 0 Å². The van der Waals surface area contributed by atoms with Gasteiger partial charge in [-0.25, -0.2) is 19.9 Å². The number of fused-ring (bicyclic) bond motifs is 4. The van der Waals surface area contributed by atoms with E-state index in [4.69, 9.17) is 19.9 Å². The van der Waals surface area contributed by atoms with E-state index in [1.54, 1.807) is 0 Å². The third-order valence-corrected chi connectivity index (χ3v) is 8.87. The van der Waals surface area contributed by atoms with Gasteiger partial charge in [-0.3, -0.25) is 0 Å². The molecule has 0 atom stereocenters. The van der Waals surface area contributed by atoms with Crippen LogP contribution in [0.5, 0.6) is 0 Å². The summed E-state index contributed by atoms with van der Waals surface area (Å²) in [6.07, 6.45) is 0. The van der Waals surface area contributed by atoms with Crippen molar-refractivity contribution in [3.8, 4) is 56.5 Å². The number of para-hydroxylation sites is 1. The Labute approximate surface area is 278 Å². The zero-order valence-electron chi connectivity index (χ0n) is 26.0. The maximum Gasteiger partial charge on any atom is 0.160 e. The topological polar surface area (TPSA) is 51.6 Å². The second-order valence-electron chi connectivity index (χ2n) is 11.9. The van der Waals surface area contributed by atoms with Gasteiger partial charge in [-0.15, -0.1) is 0 Å². The van der Waals surface area contributed by atoms with Crippen molar-refractivity contribution in [3.05, 3.63) is 170 Å². The molecule has 0 aliphatic carbocycles. The molecule has 48 heavy (non-hydrogen) atoms. The lowest BCUT2D eigenvalue weighted by Crippen LogP contribution is -1.98. The van der Waals surface area contributed by atoms with E-state index in [1.807, 2.05) is 54.6 Å². The molecule has 0 bridgehead atoms. The fraction of sp³-hybridized carbons (Fsp3) is 0. The van der Waals surface area contributed by atoms with Crippen LogP contribution in [0.3, 0.4) is 0 Å². The molecule has 0 aliphatic rings. The summed E-state index contributed by atoms with van der Waals surface area (Å²) < 4.78 is 0. The van der Waals surface area contributed by atoms with Gasteiger partial charge in [0.2, 0.25) is 0 Å². The van der Waals surface area contributed by atoms with Gasteiger partial charge < -0.3 is 0 Å². The predicted molar refractivity (Wildman–Crippen MR) is 197 cm³/mol. The molecule has 0 saturated heterocycles. The van der Waals surface area contributed by atoms with Crippen LogP contribution >= 0.6 is 0 Å². The summed E-state index contributed by atoms with van der Waals surface area (Å²) in [7, 11) is 0. The van der Waals surface area contributed by atoms with Crippen molar-refractivity contribution in [3.63, 3.8) is 0 Å². The third-order valence-electron chi connectivity index (χ3n) is 8.87. The van der Waals surface area contributed by atoms with Gasteiger partial charge in [-0.05, 0) is 45.8 Å². The molecule has 2 aromatic heterocycles. The minimum absolute atomic E-state index is 0.670. The maximum absolute atomic E-state index is 5.32. The molecular weight excluding hydrogens is 585 g/mol. The molecule has 0 radical (unpaired) electrons. The molecule has 0 spiro atoms. The molecule has 9 aromatic rings. The van der Waals surface area contributed by atoms with Gasteiger partial charge in [0.05, 0.1) is 22.6 Å². The van der Waals surface area contributed by atoms with E-state index in [0.29, 0.717) is 11.6 Å². The quantitative estimate of drug-likeness (QED) is 0.181. The number of rotatable bonds is 5. The van der Waals surface area contributed by atoms with Crippen molar-refractivity contribution in [2.24, 2.45) is 0 Å². The monoisotopic (exact) mass is 612 g/mol. The van der Waals surface area contributed by atoms with Crippen molar-refractivity contribution in [2.75, 3.05) is 0 Å². The van der Waals surface area contributed by atoms with Crippen molar-refractivity contribution in [1.82, 2.24) is 19.9 Å². The van der Waals surface area contributed by atoms with E-state index >= 15 is 0 Å². The average Bonchev–Trinajstić information content (AvgIpc) is 3.18. The molecule has 0 N–H and O–H groups in total. The van der Waals surface area contributed by atoms with E-state index in [1.165, 1.54) is 21.5 Å². The van der Waals surface area contributed by atoms with Crippen LogP contribution in [0.4, 0.5) is 0 Å². The van der Waals surface area contributed by atoms with E-state index < -0.39 is 0 Å². The van der Waals surface area contributed by atoms with E-state index in [2.05, 4.69) is 115 Å². The van der Waals surface area contributed by atoms with Gasteiger partial charge in [-0.1, -0.05) is 146 Å². The number of nitrogens with zero attached hydrogens (tertiary/aromatic N) is 4. The van der Waals surface area contributed by atoms with Gasteiger partial charge in [0, 0.05) is 33.2 Å². The van der Waals surface area contributed by atoms with Crippen LogP contribution in [-0.4, -0.2) is 19.9 Å². The number of hydrogen-bond donors (Lipinski definition) is 0. The molecule has 0 unspecified atom stereocenters. The molecule has 4 heteroatoms. The fourth-order valence-electron chi connectivity index (χ4n) is 6.55. The molecular formula is C44H28N4. The Balaban J connectivity index is 1.23. The summed E-state index contributed by atoms with van der Waals surface area (Å²) in [4.78, 5) is 20.4. The highest BCUT2D eigenvalue weighted by Crippen LogP contribution is 2.38. The molecule has 0 saturated carbocycles. The Morgan fingerprint density at radius 3 is 1.67 bits per heavy atom. The summed E-state index contributed by atoms with van der Waals surface area (Å²) in [6.45, 7) is 0. The van der Waals surface area contributed by atoms with Crippen molar-refractivity contribution >= 4 is 32.4 Å². The van der Waals surface area contributed by atoms with E-state index in [0.717, 1.165) is 55.8 Å². The van der Waals surface area contributed by atoms with Gasteiger partial charge in [0.25, 0.3) is 0 Å². The fourth-order valence-corrected chi connectivity index (χ4v) is 6.55. The third kappa shape index (κ3) is 4.97. The average molecular weight is 613 g/mol. The summed E-state index contributed by atoms with van der Waals surface area (Å²) in [5, 5.41) is 5.82. The van der Waals surface area contributed by atoms with Gasteiger partial charge in [0.15, 0.2) is 11.6 Å². The van der Waals surface area contributed by atoms with Crippen molar-refractivity contribution < 1.29 is 0 Å². The van der Waals surface area contributed by atoms with Crippen LogP contribution in [0.25, 0.3) is 89.0 Å². The van der Waals surface area contributed by atoms with Crippen molar-refractivity contribution in [2.45, 2.75) is 0 Å². The summed E-state index contributed by atoms with van der Waals surface area (Å²) >= 11 is 0. The second kappa shape index (κ2) is 11.7. The van der Waals surface area contributed by atoms with Crippen LogP contribution in [0.1, 0.15) is 0 Å². The number of benzene rings is 7. The minimum atomic E-state index is 0.670. The Morgan fingerprint density at radius 1 is 0.312 bits per heavy atom. The highest BCUT2D eigenvalue weighted by molar-refractivity contribution is 6.15. The Kier molecular flexibility index (Phi) is 6.76. The minimum Gasteiger partial charge on any atom is -0.228 e. The van der Waals surface area contributed by atoms with Gasteiger partial charge in [0.1, 0.15) is 0 Å². The Hall–Kier alpha value is -6.52. The normalized spacial score (nSPS) is 11.3. The van der Waals surface area contributed by atoms with Crippen LogP contribution in [-0.2, 0) is 0 Å². The summed E-state index contributed by atoms with van der Waals surface area (Å²) in [5.74, 6) is 1.35. The molecule has 0 aliphatic heterocycles. The van der Waals surface area contributed by atoms with E-state index in [9.17, 15) is 0 Å². The zero-order chi connectivity index (χ0) is 31.9. The molecule has 0 amide bonds. The molecule has 0 fully saturated rings. The number of hydrogen-bond acceptors (Lipinski definition) is 4. The summed E-state index contributed by atoms with van der Waals surface area (Å²) in [6, 6.07) is 58.5. The zero-order valence-corrected chi connectivity index (χ0v) is 26.0. The SMILES string of the molecule is c1ccc(-c2cc(-c3cccc(-c4nc(-c5cc6ccccc6c6ccccc56)c5ccccc5n4)c3)nc(-c3ccccc3)n2)cc1. The second-order valence-corrected chi connectivity index (χ2v) is 11.9. The lowest BCUT2D eigenvalue weighted by Gasteiger charge is -2.14. The first-order valence-electron chi connectivity index (χ1n) is 16.1. The number of aromatic nitrogens is 4. The largest absolute Gasteiger partial charge is 0.228 e. The smallest absolute Gasteiger partial charge is 0.160 e. The molecule has 224 valence electrons. The van der Waals surface area contributed by atoms with Crippen LogP contribution in [0, 0.1) is 0 Å². The lowest BCUT2D eigenvalue weighted by atomic mass is 9.94. The lowest BCUT2D eigenvalue weighted by molar-refractivity contribution is 1.18. The standard InChI is InChI=1S/C44H28N4/c1-3-14-29(15-4-1)40-28-41(47-43(46-40)30-16-5-2-6-17-30)32-19-13-20-33(26-32)44-45-39-25-12-11-24-37(39)42(48-44)38-27-31-18-7-8-21-34(31)35-22-9-10-23-36(35)38/h1-28H. The molecule has 2 heterocycles. The van der Waals surface area contributed by atoms with Crippen LogP contribution in [0.2, 0.25) is 0 Å². The summed E-state index contributed by atoms with van der Waals surface area (Å²) in [5.41, 5.74) is 8.53. The maximum atomic E-state index is 5.32. The first-order chi connectivity index (χ1) is 23.8. The molecule has 9 rings (SSSR count). The van der Waals surface area contributed by atoms with Crippen molar-refractivity contribution in [1.29, 1.82) is 0 Å². The predicted octanol–water partition coefficient (Wildman–Crippen LogP) is 11.1. The van der Waals surface area contributed by atoms with Crippen LogP contribution in [0.15, 0.2) is 170 Å². The van der Waals surface area contributed by atoms with Gasteiger partial charge in [-0.2, -0.15) is 0 Å². The first kappa shape index (κ1) is 27.8. The van der Waals surface area contributed by atoms with Crippen LogP contribution < -0.4 is 0 Å². The highest BCUT2D eigenvalue weighted by Gasteiger charge is 2.17. The Morgan fingerprint density at radius 2 is 0.875 bits per heavy atom. The highest BCUT2D eigenvalue weighted by atomic mass is 14.9. The van der Waals surface area contributed by atoms with E-state index in [-0.39, 0.29) is 0 Å². The Bertz CT molecular complexity index is 2560. The molecule has 7 aromatic carbocycles. The first-order valence-corrected chi connectivity index (χ1v) is 16.1. The molecule has 4 nitrogen and oxygen atoms in total.